The Morgan fingerprint density at radius 2 is 0.867 bits per heavy atom. The molecule has 3 aromatic rings. The van der Waals surface area contributed by atoms with Crippen LogP contribution >= 0.6 is 34.8 Å². The smallest absolute Gasteiger partial charge is 0.411 e. The SMILES string of the molecule is CC(C)(C)OC(=O)N1[C@@H]2C[C@@H]2C[C@H]1C(=O)C[C@H](CO)c1cccc(Cl)c1F.CC(C)(C)OC(=O)N1[C@@H]2C[C@@H]2C[C@H]1C(=O)O.COC[C@@H](CC(=O)[C@@H]1C[C@H]2C[C@H]2N1C(=O)OC(C)(C)C)c1cccc(Cl)c1F.N[C@H](CO)c1cccc(Cl)c1F. The number of ketones is 2. The van der Waals surface area contributed by atoms with Gasteiger partial charge in [-0.1, -0.05) is 71.2 Å². The Balaban J connectivity index is 0.000000187. The van der Waals surface area contributed by atoms with Gasteiger partial charge in [-0.2, -0.15) is 0 Å². The van der Waals surface area contributed by atoms with Crippen LogP contribution in [0.15, 0.2) is 54.6 Å². The number of benzene rings is 3. The molecule has 5 N–H and O–H groups in total. The van der Waals surface area contributed by atoms with Crippen LogP contribution in [0.3, 0.4) is 0 Å². The lowest BCUT2D eigenvalue weighted by Gasteiger charge is -2.30. The third kappa shape index (κ3) is 17.5. The van der Waals surface area contributed by atoms with E-state index in [0.717, 1.165) is 19.3 Å². The van der Waals surface area contributed by atoms with E-state index in [4.69, 9.17) is 69.7 Å². The number of carboxylic acid groups (broad SMARTS) is 1. The number of hydrogen-bond acceptors (Lipinski definition) is 13. The number of amides is 3. The van der Waals surface area contributed by atoms with Crippen LogP contribution in [0.5, 0.6) is 0 Å². The van der Waals surface area contributed by atoms with Gasteiger partial charge >= 0.3 is 24.2 Å². The van der Waals surface area contributed by atoms with Crippen LogP contribution in [0.4, 0.5) is 27.6 Å². The van der Waals surface area contributed by atoms with E-state index in [1.165, 1.54) is 42.3 Å². The minimum Gasteiger partial charge on any atom is -0.480 e. The zero-order chi connectivity index (χ0) is 61.8. The summed E-state index contributed by atoms with van der Waals surface area (Å²) in [7, 11) is 1.51. The molecule has 3 saturated carbocycles. The minimum absolute atomic E-state index is 0.0172. The monoisotopic (exact) mass is 1220 g/mol. The van der Waals surface area contributed by atoms with Crippen LogP contribution in [-0.4, -0.2) is 146 Å². The molecule has 3 amide bonds. The zero-order valence-corrected chi connectivity index (χ0v) is 50.8. The molecule has 6 fully saturated rings. The van der Waals surface area contributed by atoms with Crippen molar-refractivity contribution in [1.29, 1.82) is 0 Å². The van der Waals surface area contributed by atoms with Gasteiger partial charge in [0.05, 0.1) is 53.0 Å². The number of likely N-dealkylation sites (tertiary alicyclic amines) is 3. The Morgan fingerprint density at radius 1 is 0.542 bits per heavy atom. The molecule has 3 aliphatic heterocycles. The summed E-state index contributed by atoms with van der Waals surface area (Å²) in [6, 6.07) is 11.5. The average Bonchev–Trinajstić information content (AvgIpc) is 4.45. The van der Waals surface area contributed by atoms with Gasteiger partial charge in [-0.25, -0.2) is 32.3 Å². The van der Waals surface area contributed by atoms with Crippen LogP contribution in [0.25, 0.3) is 0 Å². The number of rotatable bonds is 14. The summed E-state index contributed by atoms with van der Waals surface area (Å²) in [5, 5.41) is 27.4. The number of methoxy groups -OCH3 is 1. The highest BCUT2D eigenvalue weighted by Crippen LogP contribution is 2.51. The molecule has 17 nitrogen and oxygen atoms in total. The number of carbonyl (C=O) groups excluding carboxylic acids is 5. The second-order valence-corrected chi connectivity index (χ2v) is 26.3. The molecular weight excluding hydrogens is 1150 g/mol. The lowest BCUT2D eigenvalue weighted by atomic mass is 9.90. The summed E-state index contributed by atoms with van der Waals surface area (Å²) in [4.78, 5) is 78.6. The number of halogens is 6. The van der Waals surface area contributed by atoms with E-state index in [1.54, 1.807) is 96.4 Å². The van der Waals surface area contributed by atoms with Crippen molar-refractivity contribution in [3.05, 3.63) is 104 Å². The normalized spacial score (nSPS) is 24.6. The molecule has 6 aliphatic rings. The molecule has 12 atom stereocenters. The second kappa shape index (κ2) is 27.4. The van der Waals surface area contributed by atoms with E-state index in [0.29, 0.717) is 42.6 Å². The number of carboxylic acids is 1. The number of nitrogens with two attached hydrogens (primary N) is 1. The molecule has 0 radical (unpaired) electrons. The Kier molecular flexibility index (Phi) is 22.1. The van der Waals surface area contributed by atoms with E-state index in [9.17, 15) is 47.0 Å². The van der Waals surface area contributed by atoms with Crippen molar-refractivity contribution in [2.45, 2.75) is 185 Å². The van der Waals surface area contributed by atoms with Gasteiger partial charge < -0.3 is 40.0 Å². The lowest BCUT2D eigenvalue weighted by molar-refractivity contribution is -0.142. The maximum Gasteiger partial charge on any atom is 0.411 e. The molecule has 83 heavy (non-hydrogen) atoms. The highest BCUT2D eigenvalue weighted by atomic mass is 35.5. The van der Waals surface area contributed by atoms with Crippen LogP contribution in [0.2, 0.25) is 15.1 Å². The fourth-order valence-electron chi connectivity index (χ4n) is 11.0. The molecule has 23 heteroatoms. The number of carbonyl (C=O) groups is 6. The highest BCUT2D eigenvalue weighted by molar-refractivity contribution is 6.31. The maximum absolute atomic E-state index is 14.5. The van der Waals surface area contributed by atoms with Gasteiger partial charge in [0.25, 0.3) is 0 Å². The van der Waals surface area contributed by atoms with Crippen molar-refractivity contribution in [2.24, 2.45) is 23.5 Å². The molecular formula is C60H78Cl3F3N4O13. The molecule has 3 aliphatic carbocycles. The highest BCUT2D eigenvalue weighted by Gasteiger charge is 2.59. The second-order valence-electron chi connectivity index (χ2n) is 25.0. The Hall–Kier alpha value is -5.22. The van der Waals surface area contributed by atoms with E-state index >= 15 is 0 Å². The standard InChI is InChI=1S/C21H27ClFNO4.C20H25ClFNO4.C11H17NO4.C8H9ClFNO/c1-21(2,3)28-20(26)24-16-8-12(16)9-17(24)18(25)10-13(11-27-4)14-6-5-7-15(22)19(14)23;1-20(2,3)27-19(26)23-15-7-11(15)8-16(23)17(25)9-12(10-24)13-5-4-6-14(21)18(13)22;1-11(2,3)16-10(15)12-7-4-6(7)5-8(12)9(13)14;9-6-3-1-2-5(8(6)10)7(11)4-12/h5-7,12-13,16-17H,8-11H2,1-4H3;4-6,11-12,15-16,24H,7-10H2,1-3H3;6-8H,4-5H2,1-3H3,(H,13,14);1-3,7,12H,4,11H2/t12-,13-,16-,17+;11-,12-,15-,16+;6-,7-,8+;7-/m1111/s1. The summed E-state index contributed by atoms with van der Waals surface area (Å²) >= 11 is 17.2. The molecule has 9 rings (SSSR count). The van der Waals surface area contributed by atoms with Crippen molar-refractivity contribution < 1.29 is 76.2 Å². The first-order chi connectivity index (χ1) is 38.7. The summed E-state index contributed by atoms with van der Waals surface area (Å²) in [5.74, 6) is -3.05. The number of aliphatic carboxylic acids is 1. The fraction of sp³-hybridized carbons (Fsp3) is 0.600. The van der Waals surface area contributed by atoms with Crippen LogP contribution in [0.1, 0.15) is 148 Å². The molecule has 3 saturated heterocycles. The first-order valence-corrected chi connectivity index (χ1v) is 28.9. The number of aliphatic hydroxyl groups excluding tert-OH is 2. The van der Waals surface area contributed by atoms with Gasteiger partial charge in [0.2, 0.25) is 0 Å². The number of hydrogen-bond donors (Lipinski definition) is 4. The number of Topliss-reactive ketones (excluding diaryl/α,β-unsaturated/α-hetero) is 2. The van der Waals surface area contributed by atoms with Gasteiger partial charge in [-0.15, -0.1) is 0 Å². The van der Waals surface area contributed by atoms with Crippen molar-refractivity contribution in [2.75, 3.05) is 26.9 Å². The third-order valence-corrected chi connectivity index (χ3v) is 15.9. The maximum atomic E-state index is 14.5. The molecule has 0 spiro atoms. The summed E-state index contributed by atoms with van der Waals surface area (Å²) in [6.45, 7) is 15.6. The number of fused-ring (bicyclic) bond motifs is 3. The van der Waals surface area contributed by atoms with E-state index in [1.807, 2.05) is 0 Å². The van der Waals surface area contributed by atoms with Gasteiger partial charge in [-0.3, -0.25) is 24.3 Å². The van der Waals surface area contributed by atoms with Crippen molar-refractivity contribution in [3.63, 3.8) is 0 Å². The fourth-order valence-corrected chi connectivity index (χ4v) is 11.5. The summed E-state index contributed by atoms with van der Waals surface area (Å²) < 4.78 is 63.3. The Morgan fingerprint density at radius 3 is 1.20 bits per heavy atom. The van der Waals surface area contributed by atoms with Gasteiger partial charge in [0.15, 0.2) is 11.6 Å². The summed E-state index contributed by atoms with van der Waals surface area (Å²) in [5.41, 5.74) is 4.38. The Labute approximate surface area is 498 Å². The third-order valence-electron chi connectivity index (χ3n) is 15.1. The van der Waals surface area contributed by atoms with Gasteiger partial charge in [-0.05, 0) is 148 Å². The predicted octanol–water partition coefficient (Wildman–Crippen LogP) is 11.4. The van der Waals surface area contributed by atoms with Gasteiger partial charge in [0, 0.05) is 55.5 Å². The number of nitrogens with zero attached hydrogens (tertiary/aromatic N) is 3. The van der Waals surface area contributed by atoms with E-state index < -0.39 is 94.5 Å². The first kappa shape index (κ1) is 66.9. The van der Waals surface area contributed by atoms with Crippen molar-refractivity contribution in [1.82, 2.24) is 14.7 Å². The Bertz CT molecular complexity index is 2850. The number of ether oxygens (including phenoxy) is 4. The molecule has 458 valence electrons. The molecule has 3 heterocycles. The van der Waals surface area contributed by atoms with Crippen LogP contribution in [-0.2, 0) is 33.3 Å². The molecule has 0 unspecified atom stereocenters. The largest absolute Gasteiger partial charge is 0.480 e. The molecule has 0 aromatic heterocycles. The first-order valence-electron chi connectivity index (χ1n) is 27.8. The zero-order valence-electron chi connectivity index (χ0n) is 48.5. The van der Waals surface area contributed by atoms with Crippen LogP contribution in [0, 0.1) is 35.2 Å². The van der Waals surface area contributed by atoms with E-state index in [2.05, 4.69) is 0 Å². The average molecular weight is 1230 g/mol. The molecule has 0 bridgehead atoms. The van der Waals surface area contributed by atoms with Crippen LogP contribution < -0.4 is 5.73 Å². The quantitative estimate of drug-likeness (QED) is 0.110. The topological polar surface area (TPSA) is 236 Å². The van der Waals surface area contributed by atoms with Crippen molar-refractivity contribution >= 4 is 70.6 Å². The predicted molar refractivity (Wildman–Crippen MR) is 305 cm³/mol. The molecule has 3 aromatic carbocycles. The number of aliphatic hydroxyl groups is 2. The number of piperidine rings is 3. The lowest BCUT2D eigenvalue weighted by Crippen LogP contribution is -2.46. The minimum atomic E-state index is -0.932. The van der Waals surface area contributed by atoms with Crippen molar-refractivity contribution in [3.8, 4) is 0 Å². The van der Waals surface area contributed by atoms with Gasteiger partial charge in [0.1, 0.15) is 40.3 Å². The van der Waals surface area contributed by atoms with E-state index in [-0.39, 0.29) is 88.5 Å². The summed E-state index contributed by atoms with van der Waals surface area (Å²) in [6.07, 6.45) is 3.11.